The topological polar surface area (TPSA) is 12.0 Å². The largest absolute Gasteiger partial charge is 0.313 e. The van der Waals surface area contributed by atoms with Gasteiger partial charge in [-0.3, -0.25) is 0 Å². The minimum atomic E-state index is -0.193. The van der Waals surface area contributed by atoms with Crippen LogP contribution in [0.25, 0.3) is 0 Å². The molecule has 0 fully saturated rings. The summed E-state index contributed by atoms with van der Waals surface area (Å²) in [6.07, 6.45) is 2.42. The van der Waals surface area contributed by atoms with Gasteiger partial charge in [0.05, 0.1) is 4.47 Å². The van der Waals surface area contributed by atoms with Crippen LogP contribution < -0.4 is 5.32 Å². The van der Waals surface area contributed by atoms with E-state index in [0.29, 0.717) is 4.47 Å². The number of rotatable bonds is 6. The Morgan fingerprint density at radius 2 is 2.12 bits per heavy atom. The van der Waals surface area contributed by atoms with E-state index in [0.717, 1.165) is 24.6 Å². The fourth-order valence-electron chi connectivity index (χ4n) is 1.52. The Morgan fingerprint density at radius 1 is 1.38 bits per heavy atom. The van der Waals surface area contributed by atoms with E-state index in [-0.39, 0.29) is 5.82 Å². The van der Waals surface area contributed by atoms with Gasteiger partial charge in [-0.1, -0.05) is 19.9 Å². The highest BCUT2D eigenvalue weighted by molar-refractivity contribution is 9.10. The smallest absolute Gasteiger partial charge is 0.137 e. The van der Waals surface area contributed by atoms with Crippen molar-refractivity contribution >= 4 is 15.9 Å². The molecule has 0 aliphatic carbocycles. The fraction of sp³-hybridized carbons (Fsp3) is 0.538. The monoisotopic (exact) mass is 287 g/mol. The average Bonchev–Trinajstić information content (AvgIpc) is 2.22. The van der Waals surface area contributed by atoms with Crippen LogP contribution in [0.15, 0.2) is 22.7 Å². The van der Waals surface area contributed by atoms with Gasteiger partial charge in [-0.2, -0.15) is 0 Å². The van der Waals surface area contributed by atoms with Gasteiger partial charge >= 0.3 is 0 Å². The van der Waals surface area contributed by atoms with E-state index in [1.54, 1.807) is 12.1 Å². The molecule has 1 aromatic carbocycles. The molecule has 0 heterocycles. The van der Waals surface area contributed by atoms with Crippen LogP contribution in [0, 0.1) is 11.7 Å². The molecule has 0 radical (unpaired) electrons. The number of halogens is 2. The van der Waals surface area contributed by atoms with Gasteiger partial charge < -0.3 is 5.32 Å². The lowest BCUT2D eigenvalue weighted by Crippen LogP contribution is -2.15. The summed E-state index contributed by atoms with van der Waals surface area (Å²) in [6, 6.07) is 5.25. The van der Waals surface area contributed by atoms with Crippen LogP contribution >= 0.6 is 15.9 Å². The lowest BCUT2D eigenvalue weighted by Gasteiger charge is -2.07. The highest BCUT2D eigenvalue weighted by Crippen LogP contribution is 2.16. The first-order chi connectivity index (χ1) is 7.59. The minimum absolute atomic E-state index is 0.193. The molecule has 0 unspecified atom stereocenters. The lowest BCUT2D eigenvalue weighted by molar-refractivity contribution is 0.527. The zero-order valence-corrected chi connectivity index (χ0v) is 11.5. The van der Waals surface area contributed by atoms with Crippen molar-refractivity contribution in [3.8, 4) is 0 Å². The van der Waals surface area contributed by atoms with Gasteiger partial charge in [-0.25, -0.2) is 4.39 Å². The van der Waals surface area contributed by atoms with E-state index < -0.39 is 0 Å². The van der Waals surface area contributed by atoms with Crippen molar-refractivity contribution in [2.24, 2.45) is 5.92 Å². The van der Waals surface area contributed by atoms with Crippen LogP contribution in [0.1, 0.15) is 32.3 Å². The van der Waals surface area contributed by atoms with Crippen LogP contribution in [0.5, 0.6) is 0 Å². The third-order valence-electron chi connectivity index (χ3n) is 2.45. The maximum absolute atomic E-state index is 13.2. The second kappa shape index (κ2) is 7.02. The Balaban J connectivity index is 2.24. The zero-order valence-electron chi connectivity index (χ0n) is 9.89. The average molecular weight is 288 g/mol. The Morgan fingerprint density at radius 3 is 2.75 bits per heavy atom. The summed E-state index contributed by atoms with van der Waals surface area (Å²) in [5.41, 5.74) is 0.991. The summed E-state index contributed by atoms with van der Waals surface area (Å²) in [5, 5.41) is 3.32. The maximum atomic E-state index is 13.2. The standard InChI is InChI=1S/C13H19BrFN/c1-10(2)4-3-7-16-9-11-5-6-12(14)13(15)8-11/h5-6,8,10,16H,3-4,7,9H2,1-2H3. The van der Waals surface area contributed by atoms with E-state index in [9.17, 15) is 4.39 Å². The quantitative estimate of drug-likeness (QED) is 0.777. The molecule has 90 valence electrons. The van der Waals surface area contributed by atoms with E-state index in [1.165, 1.54) is 12.8 Å². The fourth-order valence-corrected chi connectivity index (χ4v) is 1.76. The number of hydrogen-bond donors (Lipinski definition) is 1. The number of hydrogen-bond acceptors (Lipinski definition) is 1. The predicted molar refractivity (Wildman–Crippen MR) is 69.9 cm³/mol. The van der Waals surface area contributed by atoms with E-state index >= 15 is 0 Å². The third-order valence-corrected chi connectivity index (χ3v) is 3.09. The summed E-state index contributed by atoms with van der Waals surface area (Å²) in [7, 11) is 0. The lowest BCUT2D eigenvalue weighted by atomic mass is 10.1. The number of benzene rings is 1. The summed E-state index contributed by atoms with van der Waals surface area (Å²) in [4.78, 5) is 0. The van der Waals surface area contributed by atoms with Crippen molar-refractivity contribution in [1.82, 2.24) is 5.32 Å². The normalized spacial score (nSPS) is 11.1. The van der Waals surface area contributed by atoms with E-state index in [1.807, 2.05) is 6.07 Å². The second-order valence-electron chi connectivity index (χ2n) is 4.46. The molecule has 3 heteroatoms. The summed E-state index contributed by atoms with van der Waals surface area (Å²) in [6.45, 7) is 6.19. The first-order valence-electron chi connectivity index (χ1n) is 5.74. The SMILES string of the molecule is CC(C)CCCNCc1ccc(Br)c(F)c1. The summed E-state index contributed by atoms with van der Waals surface area (Å²) >= 11 is 3.14. The van der Waals surface area contributed by atoms with Gasteiger partial charge in [0.15, 0.2) is 0 Å². The van der Waals surface area contributed by atoms with Gasteiger partial charge in [0.1, 0.15) is 5.82 Å². The van der Waals surface area contributed by atoms with Gasteiger partial charge in [0.25, 0.3) is 0 Å². The first kappa shape index (κ1) is 13.7. The molecule has 0 spiro atoms. The predicted octanol–water partition coefficient (Wildman–Crippen LogP) is 4.11. The Labute approximate surface area is 106 Å². The molecule has 0 aliphatic rings. The minimum Gasteiger partial charge on any atom is -0.313 e. The molecule has 0 aliphatic heterocycles. The first-order valence-corrected chi connectivity index (χ1v) is 6.53. The molecule has 0 bridgehead atoms. The molecule has 0 saturated carbocycles. The van der Waals surface area contributed by atoms with Crippen LogP contribution in [0.2, 0.25) is 0 Å². The molecule has 0 saturated heterocycles. The third kappa shape index (κ3) is 5.08. The molecule has 0 atom stereocenters. The molecular weight excluding hydrogens is 269 g/mol. The van der Waals surface area contributed by atoms with Gasteiger partial charge in [-0.15, -0.1) is 0 Å². The van der Waals surface area contributed by atoms with Crippen molar-refractivity contribution in [2.75, 3.05) is 6.54 Å². The van der Waals surface area contributed by atoms with Gasteiger partial charge in [0, 0.05) is 6.54 Å². The molecule has 16 heavy (non-hydrogen) atoms. The van der Waals surface area contributed by atoms with Crippen molar-refractivity contribution in [2.45, 2.75) is 33.2 Å². The van der Waals surface area contributed by atoms with Crippen molar-refractivity contribution < 1.29 is 4.39 Å². The van der Waals surface area contributed by atoms with Crippen LogP contribution in [-0.2, 0) is 6.54 Å². The summed E-state index contributed by atoms with van der Waals surface area (Å²) < 4.78 is 13.7. The van der Waals surface area contributed by atoms with Gasteiger partial charge in [0.2, 0.25) is 0 Å². The highest BCUT2D eigenvalue weighted by atomic mass is 79.9. The van der Waals surface area contributed by atoms with Crippen LogP contribution in [-0.4, -0.2) is 6.54 Å². The second-order valence-corrected chi connectivity index (χ2v) is 5.32. The molecule has 1 aromatic rings. The molecule has 1 N–H and O–H groups in total. The maximum Gasteiger partial charge on any atom is 0.137 e. The Bertz CT molecular complexity index is 326. The Hall–Kier alpha value is -0.410. The van der Waals surface area contributed by atoms with Crippen molar-refractivity contribution in [3.05, 3.63) is 34.1 Å². The molecule has 1 nitrogen and oxygen atoms in total. The van der Waals surface area contributed by atoms with E-state index in [2.05, 4.69) is 35.1 Å². The molecule has 0 amide bonds. The Kier molecular flexibility index (Phi) is 5.99. The molecule has 1 rings (SSSR count). The zero-order chi connectivity index (χ0) is 12.0. The van der Waals surface area contributed by atoms with Crippen molar-refractivity contribution in [3.63, 3.8) is 0 Å². The van der Waals surface area contributed by atoms with Crippen LogP contribution in [0.4, 0.5) is 4.39 Å². The highest BCUT2D eigenvalue weighted by Gasteiger charge is 2.00. The van der Waals surface area contributed by atoms with Crippen molar-refractivity contribution in [1.29, 1.82) is 0 Å². The summed E-state index contributed by atoms with van der Waals surface area (Å²) in [5.74, 6) is 0.563. The van der Waals surface area contributed by atoms with E-state index in [4.69, 9.17) is 0 Å². The number of nitrogens with one attached hydrogen (secondary N) is 1. The van der Waals surface area contributed by atoms with Gasteiger partial charge in [-0.05, 0) is 58.9 Å². The van der Waals surface area contributed by atoms with Crippen LogP contribution in [0.3, 0.4) is 0 Å². The molecule has 0 aromatic heterocycles. The molecular formula is C13H19BrFN.